The highest BCUT2D eigenvalue weighted by molar-refractivity contribution is 5.95. The average molecular weight is 378 g/mol. The normalized spacial score (nSPS) is 13.0. The maximum absolute atomic E-state index is 12.9. The highest BCUT2D eigenvalue weighted by Gasteiger charge is 2.24. The van der Waals surface area contributed by atoms with E-state index in [4.69, 9.17) is 13.9 Å². The Kier molecular flexibility index (Phi) is 5.02. The molecule has 0 unspecified atom stereocenters. The van der Waals surface area contributed by atoms with E-state index in [9.17, 15) is 4.79 Å². The Morgan fingerprint density at radius 3 is 2.82 bits per heavy atom. The lowest BCUT2D eigenvalue weighted by Gasteiger charge is -2.29. The van der Waals surface area contributed by atoms with Crippen LogP contribution >= 0.6 is 0 Å². The minimum atomic E-state index is 0.00918. The smallest absolute Gasteiger partial charge is 0.227 e. The molecule has 1 aliphatic heterocycles. The highest BCUT2D eigenvalue weighted by atomic mass is 16.5. The number of aryl methyl sites for hydroxylation is 2. The largest absolute Gasteiger partial charge is 0.497 e. The van der Waals surface area contributed by atoms with Crippen molar-refractivity contribution < 1.29 is 18.7 Å². The molecule has 1 aromatic heterocycles. The number of anilines is 1. The van der Waals surface area contributed by atoms with E-state index in [1.807, 2.05) is 55.5 Å². The molecule has 0 atom stereocenters. The van der Waals surface area contributed by atoms with Crippen molar-refractivity contribution in [3.8, 4) is 22.8 Å². The SMILES string of the molecule is COc1ccc2c(c1)N(C(=O)CCc1nc(C)c(-c3ccccc3)o1)CCO2. The van der Waals surface area contributed by atoms with Gasteiger partial charge in [0, 0.05) is 24.5 Å². The second kappa shape index (κ2) is 7.76. The topological polar surface area (TPSA) is 64.8 Å². The Balaban J connectivity index is 1.48. The van der Waals surface area contributed by atoms with Crippen LogP contribution in [0.15, 0.2) is 52.9 Å². The van der Waals surface area contributed by atoms with Gasteiger partial charge in [0.25, 0.3) is 0 Å². The molecule has 0 saturated carbocycles. The van der Waals surface area contributed by atoms with Crippen molar-refractivity contribution >= 4 is 11.6 Å². The summed E-state index contributed by atoms with van der Waals surface area (Å²) < 4.78 is 16.8. The molecule has 4 rings (SSSR count). The van der Waals surface area contributed by atoms with Crippen LogP contribution in [0.4, 0.5) is 5.69 Å². The second-order valence-corrected chi connectivity index (χ2v) is 6.62. The van der Waals surface area contributed by atoms with Crippen LogP contribution in [0.3, 0.4) is 0 Å². The van der Waals surface area contributed by atoms with Crippen molar-refractivity contribution in [2.24, 2.45) is 0 Å². The summed E-state index contributed by atoms with van der Waals surface area (Å²) in [6.07, 6.45) is 0.758. The molecule has 0 fully saturated rings. The van der Waals surface area contributed by atoms with Gasteiger partial charge in [0.15, 0.2) is 11.7 Å². The number of methoxy groups -OCH3 is 1. The Hall–Kier alpha value is -3.28. The van der Waals surface area contributed by atoms with Crippen LogP contribution in [0.2, 0.25) is 0 Å². The van der Waals surface area contributed by atoms with E-state index in [1.54, 1.807) is 12.0 Å². The number of amides is 1. The first-order valence-corrected chi connectivity index (χ1v) is 9.28. The molecule has 28 heavy (non-hydrogen) atoms. The molecule has 0 bridgehead atoms. The number of benzene rings is 2. The average Bonchev–Trinajstić information content (AvgIpc) is 3.12. The second-order valence-electron chi connectivity index (χ2n) is 6.62. The van der Waals surface area contributed by atoms with Gasteiger partial charge in [0.05, 0.1) is 25.0 Å². The lowest BCUT2D eigenvalue weighted by molar-refractivity contribution is -0.118. The number of aromatic nitrogens is 1. The Bertz CT molecular complexity index is 981. The van der Waals surface area contributed by atoms with Crippen molar-refractivity contribution in [1.29, 1.82) is 0 Å². The predicted octanol–water partition coefficient (Wildman–Crippen LogP) is 4.02. The number of nitrogens with zero attached hydrogens (tertiary/aromatic N) is 2. The monoisotopic (exact) mass is 378 g/mol. The Morgan fingerprint density at radius 1 is 1.21 bits per heavy atom. The van der Waals surface area contributed by atoms with Crippen molar-refractivity contribution in [2.45, 2.75) is 19.8 Å². The standard InChI is InChI=1S/C22H22N2O4/c1-15-22(16-6-4-3-5-7-16)28-20(23-15)10-11-21(25)24-12-13-27-19-9-8-17(26-2)14-18(19)24/h3-9,14H,10-13H2,1-2H3. The molecule has 0 saturated heterocycles. The van der Waals surface area contributed by atoms with Gasteiger partial charge in [-0.15, -0.1) is 0 Å². The molecule has 1 amide bonds. The third-order valence-electron chi connectivity index (χ3n) is 4.76. The number of carbonyl (C=O) groups excluding carboxylic acids is 1. The Morgan fingerprint density at radius 2 is 2.04 bits per heavy atom. The number of carbonyl (C=O) groups is 1. The number of fused-ring (bicyclic) bond motifs is 1. The van der Waals surface area contributed by atoms with Crippen LogP contribution in [0.5, 0.6) is 11.5 Å². The maximum Gasteiger partial charge on any atom is 0.227 e. The van der Waals surface area contributed by atoms with Crippen LogP contribution in [-0.2, 0) is 11.2 Å². The fraction of sp³-hybridized carbons (Fsp3) is 0.273. The number of rotatable bonds is 5. The minimum absolute atomic E-state index is 0.00918. The third kappa shape index (κ3) is 3.58. The quantitative estimate of drug-likeness (QED) is 0.671. The zero-order valence-corrected chi connectivity index (χ0v) is 16.0. The van der Waals surface area contributed by atoms with Crippen LogP contribution in [-0.4, -0.2) is 31.2 Å². The fourth-order valence-electron chi connectivity index (χ4n) is 3.35. The van der Waals surface area contributed by atoms with Gasteiger partial charge in [-0.3, -0.25) is 4.79 Å². The summed E-state index contributed by atoms with van der Waals surface area (Å²) in [6.45, 7) is 2.90. The van der Waals surface area contributed by atoms with E-state index < -0.39 is 0 Å². The maximum atomic E-state index is 12.9. The van der Waals surface area contributed by atoms with Crippen LogP contribution in [0, 0.1) is 6.92 Å². The predicted molar refractivity (Wildman–Crippen MR) is 106 cm³/mol. The lowest BCUT2D eigenvalue weighted by Crippen LogP contribution is -2.38. The molecule has 0 aliphatic carbocycles. The highest BCUT2D eigenvalue weighted by Crippen LogP contribution is 2.35. The lowest BCUT2D eigenvalue weighted by atomic mass is 10.1. The molecule has 3 aromatic rings. The van der Waals surface area contributed by atoms with Crippen LogP contribution < -0.4 is 14.4 Å². The molecule has 144 valence electrons. The van der Waals surface area contributed by atoms with Gasteiger partial charge in [-0.25, -0.2) is 4.98 Å². The van der Waals surface area contributed by atoms with Gasteiger partial charge in [0.2, 0.25) is 5.91 Å². The van der Waals surface area contributed by atoms with E-state index in [-0.39, 0.29) is 5.91 Å². The molecule has 0 radical (unpaired) electrons. The molecule has 6 nitrogen and oxygen atoms in total. The molecule has 2 heterocycles. The van der Waals surface area contributed by atoms with Gasteiger partial charge < -0.3 is 18.8 Å². The zero-order chi connectivity index (χ0) is 19.5. The number of oxazole rings is 1. The number of hydrogen-bond acceptors (Lipinski definition) is 5. The van der Waals surface area contributed by atoms with Gasteiger partial charge in [-0.2, -0.15) is 0 Å². The third-order valence-corrected chi connectivity index (χ3v) is 4.76. The van der Waals surface area contributed by atoms with Crippen molar-refractivity contribution in [1.82, 2.24) is 4.98 Å². The van der Waals surface area contributed by atoms with Crippen LogP contribution in [0.25, 0.3) is 11.3 Å². The molecule has 0 spiro atoms. The number of hydrogen-bond donors (Lipinski definition) is 0. The fourth-order valence-corrected chi connectivity index (χ4v) is 3.35. The summed E-state index contributed by atoms with van der Waals surface area (Å²) in [6, 6.07) is 15.3. The zero-order valence-electron chi connectivity index (χ0n) is 16.0. The van der Waals surface area contributed by atoms with E-state index in [0.29, 0.717) is 43.4 Å². The molecule has 2 aromatic carbocycles. The summed E-state index contributed by atoms with van der Waals surface area (Å²) in [5.74, 6) is 2.72. The van der Waals surface area contributed by atoms with Gasteiger partial charge >= 0.3 is 0 Å². The van der Waals surface area contributed by atoms with E-state index >= 15 is 0 Å². The van der Waals surface area contributed by atoms with Gasteiger partial charge in [-0.1, -0.05) is 30.3 Å². The van der Waals surface area contributed by atoms with Gasteiger partial charge in [0.1, 0.15) is 18.1 Å². The van der Waals surface area contributed by atoms with Crippen molar-refractivity contribution in [2.75, 3.05) is 25.2 Å². The summed E-state index contributed by atoms with van der Waals surface area (Å²) in [4.78, 5) is 19.1. The summed E-state index contributed by atoms with van der Waals surface area (Å²) >= 11 is 0. The Labute approximate surface area is 163 Å². The summed E-state index contributed by atoms with van der Waals surface area (Å²) in [5.41, 5.74) is 2.55. The molecule has 6 heteroatoms. The molecular formula is C22H22N2O4. The van der Waals surface area contributed by atoms with Crippen molar-refractivity contribution in [3.63, 3.8) is 0 Å². The number of ether oxygens (including phenoxy) is 2. The van der Waals surface area contributed by atoms with E-state index in [0.717, 1.165) is 22.7 Å². The molecule has 0 N–H and O–H groups in total. The summed E-state index contributed by atoms with van der Waals surface area (Å²) in [7, 11) is 1.60. The summed E-state index contributed by atoms with van der Waals surface area (Å²) in [5, 5.41) is 0. The molecule has 1 aliphatic rings. The van der Waals surface area contributed by atoms with E-state index in [1.165, 1.54) is 0 Å². The van der Waals surface area contributed by atoms with Crippen LogP contribution in [0.1, 0.15) is 18.0 Å². The first-order chi connectivity index (χ1) is 13.7. The first-order valence-electron chi connectivity index (χ1n) is 9.28. The minimum Gasteiger partial charge on any atom is -0.497 e. The van der Waals surface area contributed by atoms with E-state index in [2.05, 4.69) is 4.98 Å². The first kappa shape index (κ1) is 18.1. The van der Waals surface area contributed by atoms with Crippen molar-refractivity contribution in [3.05, 3.63) is 60.1 Å². The molecular weight excluding hydrogens is 356 g/mol. The van der Waals surface area contributed by atoms with Gasteiger partial charge in [-0.05, 0) is 19.1 Å².